The zero-order valence-electron chi connectivity index (χ0n) is 12.0. The Morgan fingerprint density at radius 3 is 2.30 bits per heavy atom. The molecule has 2 aromatic rings. The lowest BCUT2D eigenvalue weighted by molar-refractivity contribution is -0.137. The van der Waals surface area contributed by atoms with Crippen molar-refractivity contribution in [1.82, 2.24) is 5.32 Å². The SMILES string of the molecule is CC(NC(=O)c1cc(C(N)=O)cs1)c1ccc(C(F)(F)F)cc1. The zero-order chi connectivity index (χ0) is 17.2. The van der Waals surface area contributed by atoms with Gasteiger partial charge in [-0.25, -0.2) is 0 Å². The molecule has 1 aromatic carbocycles. The summed E-state index contributed by atoms with van der Waals surface area (Å²) in [6.45, 7) is 1.66. The van der Waals surface area contributed by atoms with E-state index in [0.29, 0.717) is 10.4 Å². The number of halogens is 3. The van der Waals surface area contributed by atoms with E-state index in [-0.39, 0.29) is 5.56 Å². The molecule has 1 unspecified atom stereocenters. The number of amides is 2. The Morgan fingerprint density at radius 1 is 1.22 bits per heavy atom. The number of primary amides is 1. The van der Waals surface area contributed by atoms with E-state index in [1.807, 2.05) is 0 Å². The first-order chi connectivity index (χ1) is 10.7. The third-order valence-electron chi connectivity index (χ3n) is 3.19. The van der Waals surface area contributed by atoms with Gasteiger partial charge in [-0.15, -0.1) is 11.3 Å². The van der Waals surface area contributed by atoms with Crippen LogP contribution in [-0.4, -0.2) is 11.8 Å². The van der Waals surface area contributed by atoms with Crippen molar-refractivity contribution >= 4 is 23.2 Å². The molecule has 0 fully saturated rings. The summed E-state index contributed by atoms with van der Waals surface area (Å²) in [5, 5.41) is 4.13. The Morgan fingerprint density at radius 2 is 1.83 bits per heavy atom. The molecule has 1 aromatic heterocycles. The summed E-state index contributed by atoms with van der Waals surface area (Å²) in [5.74, 6) is -1.05. The maximum absolute atomic E-state index is 12.5. The maximum Gasteiger partial charge on any atom is 0.416 e. The standard InChI is InChI=1S/C15H13F3N2O2S/c1-8(9-2-4-11(5-3-9)15(16,17)18)20-14(22)12-6-10(7-23-12)13(19)21/h2-8H,1H3,(H2,19,21)(H,20,22). The third kappa shape index (κ3) is 4.10. The predicted molar refractivity (Wildman–Crippen MR) is 80.2 cm³/mol. The fourth-order valence-electron chi connectivity index (χ4n) is 1.90. The monoisotopic (exact) mass is 342 g/mol. The molecule has 8 heteroatoms. The molecule has 0 spiro atoms. The molecular formula is C15H13F3N2O2S. The summed E-state index contributed by atoms with van der Waals surface area (Å²) in [6.07, 6.45) is -4.40. The summed E-state index contributed by atoms with van der Waals surface area (Å²) >= 11 is 1.07. The minimum Gasteiger partial charge on any atom is -0.366 e. The molecule has 0 radical (unpaired) electrons. The first-order valence-electron chi connectivity index (χ1n) is 6.55. The predicted octanol–water partition coefficient (Wildman–Crippen LogP) is 3.36. The second-order valence-corrected chi connectivity index (χ2v) is 5.79. The van der Waals surface area contributed by atoms with E-state index < -0.39 is 29.6 Å². The second kappa shape index (κ2) is 6.41. The van der Waals surface area contributed by atoms with Crippen molar-refractivity contribution in [1.29, 1.82) is 0 Å². The van der Waals surface area contributed by atoms with E-state index in [1.165, 1.54) is 23.6 Å². The van der Waals surface area contributed by atoms with Crippen molar-refractivity contribution in [2.45, 2.75) is 19.1 Å². The van der Waals surface area contributed by atoms with Crippen LogP contribution in [-0.2, 0) is 6.18 Å². The Labute approximate surface area is 134 Å². The molecule has 2 rings (SSSR count). The summed E-state index contributed by atoms with van der Waals surface area (Å²) in [4.78, 5) is 23.4. The summed E-state index contributed by atoms with van der Waals surface area (Å²) in [7, 11) is 0. The van der Waals surface area contributed by atoms with Gasteiger partial charge in [-0.3, -0.25) is 9.59 Å². The molecule has 4 nitrogen and oxygen atoms in total. The van der Waals surface area contributed by atoms with Crippen LogP contribution in [0.1, 0.15) is 44.1 Å². The van der Waals surface area contributed by atoms with Crippen LogP contribution in [0, 0.1) is 0 Å². The number of nitrogens with two attached hydrogens (primary N) is 1. The van der Waals surface area contributed by atoms with E-state index in [4.69, 9.17) is 5.73 Å². The molecule has 1 heterocycles. The summed E-state index contributed by atoms with van der Waals surface area (Å²) < 4.78 is 37.5. The minimum absolute atomic E-state index is 0.238. The van der Waals surface area contributed by atoms with Crippen LogP contribution in [0.4, 0.5) is 13.2 Å². The van der Waals surface area contributed by atoms with Gasteiger partial charge >= 0.3 is 6.18 Å². The fraction of sp³-hybridized carbons (Fsp3) is 0.200. The van der Waals surface area contributed by atoms with E-state index in [9.17, 15) is 22.8 Å². The first kappa shape index (κ1) is 17.0. The topological polar surface area (TPSA) is 72.2 Å². The highest BCUT2D eigenvalue weighted by Gasteiger charge is 2.30. The Hall–Kier alpha value is -2.35. The van der Waals surface area contributed by atoms with Gasteiger partial charge in [0.1, 0.15) is 0 Å². The van der Waals surface area contributed by atoms with E-state index in [0.717, 1.165) is 23.5 Å². The number of thiophene rings is 1. The van der Waals surface area contributed by atoms with Crippen LogP contribution in [0.5, 0.6) is 0 Å². The molecule has 0 aliphatic heterocycles. The molecule has 0 saturated heterocycles. The Kier molecular flexibility index (Phi) is 4.74. The van der Waals surface area contributed by atoms with Gasteiger partial charge in [0, 0.05) is 5.38 Å². The van der Waals surface area contributed by atoms with Crippen LogP contribution in [0.15, 0.2) is 35.7 Å². The van der Waals surface area contributed by atoms with Crippen LogP contribution in [0.25, 0.3) is 0 Å². The van der Waals surface area contributed by atoms with Crippen molar-refractivity contribution in [3.8, 4) is 0 Å². The molecular weight excluding hydrogens is 329 g/mol. The average molecular weight is 342 g/mol. The largest absolute Gasteiger partial charge is 0.416 e. The van der Waals surface area contributed by atoms with Gasteiger partial charge in [-0.2, -0.15) is 13.2 Å². The Balaban J connectivity index is 2.07. The third-order valence-corrected chi connectivity index (χ3v) is 4.12. The van der Waals surface area contributed by atoms with Gasteiger partial charge in [0.05, 0.1) is 22.0 Å². The van der Waals surface area contributed by atoms with Gasteiger partial charge < -0.3 is 11.1 Å². The highest BCUT2D eigenvalue weighted by atomic mass is 32.1. The lowest BCUT2D eigenvalue weighted by Gasteiger charge is -2.15. The average Bonchev–Trinajstić information content (AvgIpc) is 2.96. The summed E-state index contributed by atoms with van der Waals surface area (Å²) in [6, 6.07) is 5.46. The zero-order valence-corrected chi connectivity index (χ0v) is 12.8. The van der Waals surface area contributed by atoms with Crippen LogP contribution in [0.2, 0.25) is 0 Å². The van der Waals surface area contributed by atoms with Gasteiger partial charge in [-0.1, -0.05) is 12.1 Å². The number of nitrogens with one attached hydrogen (secondary N) is 1. The molecule has 0 bridgehead atoms. The van der Waals surface area contributed by atoms with Crippen LogP contribution < -0.4 is 11.1 Å². The number of alkyl halides is 3. The van der Waals surface area contributed by atoms with Crippen molar-refractivity contribution in [2.75, 3.05) is 0 Å². The highest BCUT2D eigenvalue weighted by molar-refractivity contribution is 7.12. The second-order valence-electron chi connectivity index (χ2n) is 4.88. The molecule has 3 N–H and O–H groups in total. The van der Waals surface area contributed by atoms with Crippen molar-refractivity contribution in [3.63, 3.8) is 0 Å². The normalized spacial score (nSPS) is 12.7. The van der Waals surface area contributed by atoms with Gasteiger partial charge in [0.15, 0.2) is 0 Å². The van der Waals surface area contributed by atoms with Gasteiger partial charge in [-0.05, 0) is 30.7 Å². The van der Waals surface area contributed by atoms with Gasteiger partial charge in [0.25, 0.3) is 5.91 Å². The van der Waals surface area contributed by atoms with Crippen LogP contribution in [0.3, 0.4) is 0 Å². The molecule has 0 aliphatic rings. The first-order valence-corrected chi connectivity index (χ1v) is 7.43. The quantitative estimate of drug-likeness (QED) is 0.894. The molecule has 2 amide bonds. The number of hydrogen-bond donors (Lipinski definition) is 2. The molecule has 23 heavy (non-hydrogen) atoms. The smallest absolute Gasteiger partial charge is 0.366 e. The number of carbonyl (C=O) groups is 2. The van der Waals surface area contributed by atoms with E-state index in [1.54, 1.807) is 6.92 Å². The molecule has 1 atom stereocenters. The lowest BCUT2D eigenvalue weighted by Crippen LogP contribution is -2.26. The van der Waals surface area contributed by atoms with E-state index >= 15 is 0 Å². The van der Waals surface area contributed by atoms with Gasteiger partial charge in [0.2, 0.25) is 5.91 Å². The highest BCUT2D eigenvalue weighted by Crippen LogP contribution is 2.30. The summed E-state index contributed by atoms with van der Waals surface area (Å²) in [5.41, 5.74) is 5.14. The maximum atomic E-state index is 12.5. The molecule has 122 valence electrons. The fourth-order valence-corrected chi connectivity index (χ4v) is 2.70. The number of carbonyl (C=O) groups excluding carboxylic acids is 2. The van der Waals surface area contributed by atoms with Crippen molar-refractivity contribution < 1.29 is 22.8 Å². The Bertz CT molecular complexity index is 723. The molecule has 0 saturated carbocycles. The number of benzene rings is 1. The van der Waals surface area contributed by atoms with E-state index in [2.05, 4.69) is 5.32 Å². The van der Waals surface area contributed by atoms with Crippen molar-refractivity contribution in [2.24, 2.45) is 5.73 Å². The van der Waals surface area contributed by atoms with Crippen molar-refractivity contribution in [3.05, 3.63) is 57.3 Å². The lowest BCUT2D eigenvalue weighted by atomic mass is 10.1. The number of rotatable bonds is 4. The number of hydrogen-bond acceptors (Lipinski definition) is 3. The van der Waals surface area contributed by atoms with Crippen LogP contribution >= 0.6 is 11.3 Å². The minimum atomic E-state index is -4.40. The molecule has 0 aliphatic carbocycles.